The van der Waals surface area contributed by atoms with E-state index in [0.717, 1.165) is 38.1 Å². The summed E-state index contributed by atoms with van der Waals surface area (Å²) in [5, 5.41) is 0. The Morgan fingerprint density at radius 3 is 2.45 bits per heavy atom. The summed E-state index contributed by atoms with van der Waals surface area (Å²) in [6.07, 6.45) is -2.24. The van der Waals surface area contributed by atoms with E-state index >= 15 is 0 Å². The van der Waals surface area contributed by atoms with Crippen molar-refractivity contribution in [2.24, 2.45) is 5.92 Å². The fraction of sp³-hybridized carbons (Fsp3) is 0.600. The second-order valence-corrected chi connectivity index (χ2v) is 5.56. The molecule has 0 saturated carbocycles. The molecule has 0 radical (unpaired) electrons. The van der Waals surface area contributed by atoms with Crippen LogP contribution in [-0.4, -0.2) is 31.1 Å². The van der Waals surface area contributed by atoms with Crippen molar-refractivity contribution in [1.82, 2.24) is 4.90 Å². The molecular weight excluding hydrogens is 267 g/mol. The van der Waals surface area contributed by atoms with Gasteiger partial charge < -0.3 is 9.64 Å². The predicted octanol–water partition coefficient (Wildman–Crippen LogP) is 3.81. The molecule has 2 nitrogen and oxygen atoms in total. The van der Waals surface area contributed by atoms with Gasteiger partial charge >= 0.3 is 6.18 Å². The van der Waals surface area contributed by atoms with Gasteiger partial charge in [-0.05, 0) is 50.7 Å². The number of benzene rings is 1. The van der Waals surface area contributed by atoms with Crippen LogP contribution in [0.25, 0.3) is 0 Å². The Balaban J connectivity index is 2.02. The van der Waals surface area contributed by atoms with Crippen LogP contribution in [0.1, 0.15) is 25.3 Å². The van der Waals surface area contributed by atoms with Crippen LogP contribution in [-0.2, 0) is 6.18 Å². The Morgan fingerprint density at radius 2 is 1.85 bits per heavy atom. The van der Waals surface area contributed by atoms with Crippen LogP contribution >= 0.6 is 0 Å². The van der Waals surface area contributed by atoms with Gasteiger partial charge in [0.25, 0.3) is 0 Å². The molecule has 2 unspecified atom stereocenters. The fourth-order valence-electron chi connectivity index (χ4n) is 2.62. The van der Waals surface area contributed by atoms with E-state index in [-0.39, 0.29) is 6.10 Å². The molecule has 1 aliphatic rings. The van der Waals surface area contributed by atoms with Gasteiger partial charge in [-0.2, -0.15) is 13.2 Å². The maximum Gasteiger partial charge on any atom is 0.416 e. The fourth-order valence-corrected chi connectivity index (χ4v) is 2.62. The minimum absolute atomic E-state index is 0.0664. The van der Waals surface area contributed by atoms with Crippen LogP contribution in [0.4, 0.5) is 13.2 Å². The molecule has 2 rings (SSSR count). The third-order valence-corrected chi connectivity index (χ3v) is 3.73. The van der Waals surface area contributed by atoms with Crippen molar-refractivity contribution >= 4 is 0 Å². The summed E-state index contributed by atoms with van der Waals surface area (Å²) in [6, 6.07) is 4.96. The average Bonchev–Trinajstić information content (AvgIpc) is 2.51. The van der Waals surface area contributed by atoms with Crippen molar-refractivity contribution in [2.45, 2.75) is 32.0 Å². The Hall–Kier alpha value is -1.23. The molecular formula is C15H20F3NO. The molecule has 0 aliphatic carbocycles. The highest BCUT2D eigenvalue weighted by molar-refractivity contribution is 5.29. The van der Waals surface area contributed by atoms with E-state index in [0.29, 0.717) is 11.7 Å². The van der Waals surface area contributed by atoms with E-state index in [1.165, 1.54) is 12.1 Å². The van der Waals surface area contributed by atoms with E-state index in [9.17, 15) is 13.2 Å². The van der Waals surface area contributed by atoms with Gasteiger partial charge in [0.15, 0.2) is 0 Å². The molecule has 1 saturated heterocycles. The zero-order valence-corrected chi connectivity index (χ0v) is 11.8. The lowest BCUT2D eigenvalue weighted by atomic mass is 10.0. The van der Waals surface area contributed by atoms with Gasteiger partial charge in [-0.25, -0.2) is 0 Å². The van der Waals surface area contributed by atoms with E-state index in [1.54, 1.807) is 0 Å². The summed E-state index contributed by atoms with van der Waals surface area (Å²) in [5.41, 5.74) is -0.640. The smallest absolute Gasteiger partial charge is 0.416 e. The SMILES string of the molecule is CC1CN(C)CCCC1Oc1ccc(C(F)(F)F)cc1. The van der Waals surface area contributed by atoms with Gasteiger partial charge in [0, 0.05) is 12.5 Å². The third-order valence-electron chi connectivity index (χ3n) is 3.73. The second kappa shape index (κ2) is 6.04. The molecule has 112 valence electrons. The minimum atomic E-state index is -4.29. The van der Waals surface area contributed by atoms with Gasteiger partial charge in [0.1, 0.15) is 11.9 Å². The Labute approximate surface area is 117 Å². The molecule has 0 N–H and O–H groups in total. The summed E-state index contributed by atoms with van der Waals surface area (Å²) in [7, 11) is 2.08. The lowest BCUT2D eigenvalue weighted by molar-refractivity contribution is -0.137. The second-order valence-electron chi connectivity index (χ2n) is 5.56. The van der Waals surface area contributed by atoms with Crippen LogP contribution in [0.5, 0.6) is 5.75 Å². The topological polar surface area (TPSA) is 12.5 Å². The van der Waals surface area contributed by atoms with Crippen LogP contribution in [0.3, 0.4) is 0 Å². The number of ether oxygens (including phenoxy) is 1. The van der Waals surface area contributed by atoms with Crippen LogP contribution in [0.15, 0.2) is 24.3 Å². The largest absolute Gasteiger partial charge is 0.490 e. The maximum absolute atomic E-state index is 12.5. The van der Waals surface area contributed by atoms with E-state index in [1.807, 2.05) is 0 Å². The molecule has 1 aromatic rings. The summed E-state index contributed by atoms with van der Waals surface area (Å²) >= 11 is 0. The molecule has 1 aromatic carbocycles. The molecule has 20 heavy (non-hydrogen) atoms. The van der Waals surface area contributed by atoms with Crippen molar-refractivity contribution in [3.8, 4) is 5.75 Å². The van der Waals surface area contributed by atoms with Gasteiger partial charge in [0.05, 0.1) is 5.56 Å². The summed E-state index contributed by atoms with van der Waals surface area (Å²) in [6.45, 7) is 4.11. The van der Waals surface area contributed by atoms with Crippen LogP contribution in [0.2, 0.25) is 0 Å². The lowest BCUT2D eigenvalue weighted by Crippen LogP contribution is -2.30. The predicted molar refractivity (Wildman–Crippen MR) is 71.8 cm³/mol. The highest BCUT2D eigenvalue weighted by Gasteiger charge is 2.30. The van der Waals surface area contributed by atoms with Crippen molar-refractivity contribution in [2.75, 3.05) is 20.1 Å². The Morgan fingerprint density at radius 1 is 1.20 bits per heavy atom. The molecule has 5 heteroatoms. The van der Waals surface area contributed by atoms with E-state index in [2.05, 4.69) is 18.9 Å². The molecule has 0 aromatic heterocycles. The van der Waals surface area contributed by atoms with E-state index < -0.39 is 11.7 Å². The molecule has 0 bridgehead atoms. The van der Waals surface area contributed by atoms with Gasteiger partial charge in [-0.1, -0.05) is 6.92 Å². The van der Waals surface area contributed by atoms with Crippen molar-refractivity contribution in [3.63, 3.8) is 0 Å². The molecule has 1 heterocycles. The van der Waals surface area contributed by atoms with Crippen molar-refractivity contribution in [1.29, 1.82) is 0 Å². The standard InChI is InChI=1S/C15H20F3NO/c1-11-10-19(2)9-3-4-14(11)20-13-7-5-12(6-8-13)15(16,17)18/h5-8,11,14H,3-4,9-10H2,1-2H3. The zero-order chi connectivity index (χ0) is 14.8. The summed E-state index contributed by atoms with van der Waals surface area (Å²) in [5.74, 6) is 0.879. The van der Waals surface area contributed by atoms with Crippen molar-refractivity contribution < 1.29 is 17.9 Å². The highest BCUT2D eigenvalue weighted by Crippen LogP contribution is 2.31. The normalized spacial score (nSPS) is 25.2. The highest BCUT2D eigenvalue weighted by atomic mass is 19.4. The van der Waals surface area contributed by atoms with Crippen LogP contribution < -0.4 is 4.74 Å². The molecule has 0 spiro atoms. The van der Waals surface area contributed by atoms with Gasteiger partial charge in [-0.3, -0.25) is 0 Å². The van der Waals surface area contributed by atoms with Crippen molar-refractivity contribution in [3.05, 3.63) is 29.8 Å². The molecule has 0 amide bonds. The number of hydrogen-bond donors (Lipinski definition) is 0. The number of nitrogens with zero attached hydrogens (tertiary/aromatic N) is 1. The first-order valence-electron chi connectivity index (χ1n) is 6.88. The number of likely N-dealkylation sites (tertiary alicyclic amines) is 1. The molecule has 1 aliphatic heterocycles. The van der Waals surface area contributed by atoms with E-state index in [4.69, 9.17) is 4.74 Å². The Kier molecular flexibility index (Phi) is 4.58. The molecule has 1 fully saturated rings. The minimum Gasteiger partial charge on any atom is -0.490 e. The number of alkyl halides is 3. The molecule has 2 atom stereocenters. The number of hydrogen-bond acceptors (Lipinski definition) is 2. The summed E-state index contributed by atoms with van der Waals surface area (Å²) < 4.78 is 43.3. The number of halogens is 3. The zero-order valence-electron chi connectivity index (χ0n) is 11.8. The lowest BCUT2D eigenvalue weighted by Gasteiger charge is -2.24. The quantitative estimate of drug-likeness (QED) is 0.820. The Bertz CT molecular complexity index is 430. The monoisotopic (exact) mass is 287 g/mol. The average molecular weight is 287 g/mol. The first kappa shape index (κ1) is 15.2. The summed E-state index contributed by atoms with van der Waals surface area (Å²) in [4.78, 5) is 2.26. The maximum atomic E-state index is 12.5. The first-order chi connectivity index (χ1) is 9.36. The van der Waals surface area contributed by atoms with Gasteiger partial charge in [-0.15, -0.1) is 0 Å². The van der Waals surface area contributed by atoms with Crippen LogP contribution in [0, 0.1) is 5.92 Å². The first-order valence-corrected chi connectivity index (χ1v) is 6.88. The number of rotatable bonds is 2. The third kappa shape index (κ3) is 3.88. The van der Waals surface area contributed by atoms with Gasteiger partial charge in [0.2, 0.25) is 0 Å².